The quantitative estimate of drug-likeness (QED) is 0.195. The Morgan fingerprint density at radius 1 is 0.976 bits per heavy atom. The molecule has 1 saturated heterocycles. The van der Waals surface area contributed by atoms with Gasteiger partial charge in [-0.2, -0.15) is 0 Å². The molecule has 3 aromatic carbocycles. The van der Waals surface area contributed by atoms with Gasteiger partial charge in [-0.1, -0.05) is 91.0 Å². The molecule has 0 spiro atoms. The number of fused-ring (bicyclic) bond motifs is 1. The minimum absolute atomic E-state index is 0.102. The van der Waals surface area contributed by atoms with Crippen molar-refractivity contribution in [2.75, 3.05) is 17.7 Å². The number of hydrogen-bond donors (Lipinski definition) is 1. The highest BCUT2D eigenvalue weighted by atomic mass is 32.2. The number of anilines is 1. The largest absolute Gasteiger partial charge is 0.461 e. The predicted octanol–water partition coefficient (Wildman–Crippen LogP) is 5.66. The lowest BCUT2D eigenvalue weighted by Gasteiger charge is -2.49. The van der Waals surface area contributed by atoms with E-state index in [1.807, 2.05) is 96.4 Å². The average molecular weight is 598 g/mol. The van der Waals surface area contributed by atoms with E-state index in [9.17, 15) is 14.4 Å². The predicted molar refractivity (Wildman–Crippen MR) is 163 cm³/mol. The Kier molecular flexibility index (Phi) is 8.07. The van der Waals surface area contributed by atoms with E-state index in [4.69, 9.17) is 9.47 Å². The van der Waals surface area contributed by atoms with Crippen molar-refractivity contribution in [2.24, 2.45) is 0 Å². The summed E-state index contributed by atoms with van der Waals surface area (Å²) in [6, 6.07) is 28.2. The van der Waals surface area contributed by atoms with Gasteiger partial charge in [0.15, 0.2) is 11.2 Å². The molecule has 1 fully saturated rings. The fraction of sp³-hybridized carbons (Fsp3) is 0.188. The topological polar surface area (TPSA) is 97.8 Å². The molecule has 3 heterocycles. The number of carbonyl (C=O) groups excluding carboxylic acids is 3. The van der Waals surface area contributed by atoms with Crippen molar-refractivity contribution in [3.8, 4) is 11.3 Å². The number of thioether (sulfide) groups is 1. The van der Waals surface area contributed by atoms with E-state index in [1.54, 1.807) is 0 Å². The fourth-order valence-corrected chi connectivity index (χ4v) is 7.02. The fourth-order valence-electron chi connectivity index (χ4n) is 4.93. The summed E-state index contributed by atoms with van der Waals surface area (Å²) < 4.78 is 11.4. The molecule has 2 aliphatic rings. The Morgan fingerprint density at radius 2 is 1.60 bits per heavy atom. The van der Waals surface area contributed by atoms with Crippen LogP contribution in [0, 0.1) is 0 Å². The normalized spacial score (nSPS) is 17.9. The van der Waals surface area contributed by atoms with Gasteiger partial charge in [0, 0.05) is 29.2 Å². The van der Waals surface area contributed by atoms with Gasteiger partial charge in [0.25, 0.3) is 5.91 Å². The maximum atomic E-state index is 13.9. The van der Waals surface area contributed by atoms with E-state index in [0.717, 1.165) is 22.4 Å². The molecule has 1 N–H and O–H groups in total. The van der Waals surface area contributed by atoms with Gasteiger partial charge in [0.1, 0.15) is 23.7 Å². The third-order valence-electron chi connectivity index (χ3n) is 6.97. The zero-order valence-corrected chi connectivity index (χ0v) is 24.3. The number of benzene rings is 3. The maximum absolute atomic E-state index is 13.9. The van der Waals surface area contributed by atoms with Crippen molar-refractivity contribution in [1.82, 2.24) is 9.88 Å². The molecule has 42 heavy (non-hydrogen) atoms. The van der Waals surface area contributed by atoms with Crippen LogP contribution in [-0.4, -0.2) is 51.5 Å². The average Bonchev–Trinajstić information content (AvgIpc) is 3.51. The first-order chi connectivity index (χ1) is 20.5. The number of nitrogens with zero attached hydrogens (tertiary/aromatic N) is 2. The first kappa shape index (κ1) is 27.7. The molecule has 4 aromatic rings. The second-order valence-electron chi connectivity index (χ2n) is 9.77. The van der Waals surface area contributed by atoms with Crippen LogP contribution in [0.25, 0.3) is 11.3 Å². The van der Waals surface area contributed by atoms with Crippen LogP contribution < -0.4 is 5.32 Å². The summed E-state index contributed by atoms with van der Waals surface area (Å²) in [5, 5.41) is 5.49. The summed E-state index contributed by atoms with van der Waals surface area (Å²) in [6.07, 6.45) is -0.688. The van der Waals surface area contributed by atoms with E-state index in [-0.39, 0.29) is 23.6 Å². The second kappa shape index (κ2) is 12.2. The van der Waals surface area contributed by atoms with Crippen molar-refractivity contribution in [2.45, 2.75) is 24.4 Å². The number of β-lactam (4-membered cyclic amide) rings is 1. The number of rotatable bonds is 9. The molecule has 0 saturated carbocycles. The Labute approximate surface area is 251 Å². The number of esters is 2. The summed E-state index contributed by atoms with van der Waals surface area (Å²) in [5.74, 6) is -0.987. The van der Waals surface area contributed by atoms with Crippen LogP contribution in [0.15, 0.2) is 108 Å². The van der Waals surface area contributed by atoms with Crippen molar-refractivity contribution in [3.63, 3.8) is 0 Å². The Morgan fingerprint density at radius 3 is 2.21 bits per heavy atom. The number of amides is 1. The Bertz CT molecular complexity index is 1590. The molecule has 1 aromatic heterocycles. The standard InChI is InChI=1S/C32H27N3O5S2/c1-20(36)39-17-24-18-41-30-26(34-32-33-25(19-42-32)21-11-5-2-6-12-21)29(37)35(30)27(24)31(38)40-28(22-13-7-3-8-14-22)23-15-9-4-10-16-23/h2-16,19,26,28,30H,17-18H2,1H3,(H,33,34)/t26-,30-/m1/s1. The minimum atomic E-state index is -0.688. The van der Waals surface area contributed by atoms with E-state index in [0.29, 0.717) is 16.5 Å². The van der Waals surface area contributed by atoms with Gasteiger partial charge in [0.2, 0.25) is 0 Å². The summed E-state index contributed by atoms with van der Waals surface area (Å²) in [7, 11) is 0. The van der Waals surface area contributed by atoms with Gasteiger partial charge in [-0.25, -0.2) is 9.78 Å². The van der Waals surface area contributed by atoms with Crippen molar-refractivity contribution in [1.29, 1.82) is 0 Å². The van der Waals surface area contributed by atoms with Gasteiger partial charge in [0.05, 0.1) is 5.69 Å². The van der Waals surface area contributed by atoms with Crippen LogP contribution in [0.3, 0.4) is 0 Å². The molecule has 0 unspecified atom stereocenters. The monoisotopic (exact) mass is 597 g/mol. The molecular formula is C32H27N3O5S2. The van der Waals surface area contributed by atoms with Gasteiger partial charge in [-0.05, 0) is 11.1 Å². The summed E-state index contributed by atoms with van der Waals surface area (Å²) in [6.45, 7) is 1.21. The van der Waals surface area contributed by atoms with Crippen LogP contribution in [0.2, 0.25) is 0 Å². The number of carbonyl (C=O) groups is 3. The van der Waals surface area contributed by atoms with Crippen molar-refractivity contribution >= 4 is 46.1 Å². The number of hydrogen-bond acceptors (Lipinski definition) is 9. The summed E-state index contributed by atoms with van der Waals surface area (Å²) in [5.41, 5.74) is 4.07. The second-order valence-corrected chi connectivity index (χ2v) is 11.7. The van der Waals surface area contributed by atoms with Gasteiger partial charge in [-0.15, -0.1) is 23.1 Å². The van der Waals surface area contributed by atoms with E-state index >= 15 is 0 Å². The van der Waals surface area contributed by atoms with Gasteiger partial charge < -0.3 is 14.8 Å². The third-order valence-corrected chi connectivity index (χ3v) is 9.09. The van der Waals surface area contributed by atoms with E-state index in [2.05, 4.69) is 10.3 Å². The van der Waals surface area contributed by atoms with Gasteiger partial charge in [-0.3, -0.25) is 14.5 Å². The van der Waals surface area contributed by atoms with Gasteiger partial charge >= 0.3 is 11.9 Å². The molecule has 2 aliphatic heterocycles. The van der Waals surface area contributed by atoms with E-state index in [1.165, 1.54) is 34.9 Å². The zero-order valence-electron chi connectivity index (χ0n) is 22.6. The third kappa shape index (κ3) is 5.68. The molecule has 10 heteroatoms. The maximum Gasteiger partial charge on any atom is 0.356 e. The Balaban J connectivity index is 1.26. The summed E-state index contributed by atoms with van der Waals surface area (Å²) >= 11 is 2.92. The minimum Gasteiger partial charge on any atom is -0.461 e. The molecule has 0 aliphatic carbocycles. The van der Waals surface area contributed by atoms with Crippen molar-refractivity contribution < 1.29 is 23.9 Å². The van der Waals surface area contributed by atoms with Crippen LogP contribution in [0.1, 0.15) is 24.2 Å². The van der Waals surface area contributed by atoms with Crippen LogP contribution in [0.5, 0.6) is 0 Å². The molecule has 0 bridgehead atoms. The summed E-state index contributed by atoms with van der Waals surface area (Å²) in [4.78, 5) is 45.3. The number of aromatic nitrogens is 1. The number of nitrogens with one attached hydrogen (secondary N) is 1. The number of ether oxygens (including phenoxy) is 2. The van der Waals surface area contributed by atoms with E-state index < -0.39 is 24.1 Å². The number of thiazole rings is 1. The SMILES string of the molecule is CC(=O)OCC1=C(C(=O)OC(c2ccccc2)c2ccccc2)N2C(=O)[C@@H](Nc3nc(-c4ccccc4)cs3)[C@H]2SC1. The molecule has 212 valence electrons. The molecule has 2 atom stereocenters. The highest BCUT2D eigenvalue weighted by molar-refractivity contribution is 8.00. The molecule has 8 nitrogen and oxygen atoms in total. The highest BCUT2D eigenvalue weighted by Crippen LogP contribution is 2.43. The smallest absolute Gasteiger partial charge is 0.356 e. The molecule has 0 radical (unpaired) electrons. The lowest BCUT2D eigenvalue weighted by Crippen LogP contribution is -2.67. The zero-order chi connectivity index (χ0) is 29.1. The molecular weight excluding hydrogens is 571 g/mol. The molecule has 1 amide bonds. The lowest BCUT2D eigenvalue weighted by atomic mass is 10.0. The van der Waals surface area contributed by atoms with Crippen molar-refractivity contribution in [3.05, 3.63) is 119 Å². The van der Waals surface area contributed by atoms with Crippen LogP contribution in [0.4, 0.5) is 5.13 Å². The first-order valence-corrected chi connectivity index (χ1v) is 15.3. The highest BCUT2D eigenvalue weighted by Gasteiger charge is 2.54. The van der Waals surface area contributed by atoms with Crippen LogP contribution >= 0.6 is 23.1 Å². The molecule has 6 rings (SSSR count). The Hall–Kier alpha value is -4.41. The lowest BCUT2D eigenvalue weighted by molar-refractivity contribution is -0.152. The first-order valence-electron chi connectivity index (χ1n) is 13.4. The van der Waals surface area contributed by atoms with Crippen LogP contribution in [-0.2, 0) is 23.9 Å².